The summed E-state index contributed by atoms with van der Waals surface area (Å²) in [5, 5.41) is 1.53. The highest BCUT2D eigenvalue weighted by molar-refractivity contribution is 6.30. The van der Waals surface area contributed by atoms with Gasteiger partial charge in [0, 0.05) is 62.8 Å². The van der Waals surface area contributed by atoms with E-state index in [9.17, 15) is 9.59 Å². The average Bonchev–Trinajstić information content (AvgIpc) is 3.64. The highest BCUT2D eigenvalue weighted by Crippen LogP contribution is 2.34. The van der Waals surface area contributed by atoms with Crippen molar-refractivity contribution in [3.63, 3.8) is 0 Å². The number of hydrogen-bond acceptors (Lipinski definition) is 7. The van der Waals surface area contributed by atoms with E-state index in [1.54, 1.807) is 6.07 Å². The zero-order chi connectivity index (χ0) is 28.3. The van der Waals surface area contributed by atoms with E-state index in [0.717, 1.165) is 66.1 Å². The van der Waals surface area contributed by atoms with Gasteiger partial charge in [-0.2, -0.15) is 0 Å². The van der Waals surface area contributed by atoms with Crippen molar-refractivity contribution in [2.45, 2.75) is 51.4 Å². The van der Waals surface area contributed by atoms with Crippen LogP contribution in [0.2, 0.25) is 5.02 Å². The topological polar surface area (TPSA) is 105 Å². The Morgan fingerprint density at radius 3 is 2.83 bits per heavy atom. The number of carbonyl (C=O) groups is 1. The van der Waals surface area contributed by atoms with Crippen molar-refractivity contribution in [1.29, 1.82) is 0 Å². The van der Waals surface area contributed by atoms with Gasteiger partial charge in [0.05, 0.1) is 11.6 Å². The van der Waals surface area contributed by atoms with Crippen LogP contribution >= 0.6 is 11.6 Å². The van der Waals surface area contributed by atoms with Crippen molar-refractivity contribution in [2.24, 2.45) is 5.92 Å². The van der Waals surface area contributed by atoms with Gasteiger partial charge in [0.15, 0.2) is 11.4 Å². The van der Waals surface area contributed by atoms with Gasteiger partial charge in [-0.1, -0.05) is 30.7 Å². The number of hydrogen-bond donors (Lipinski definition) is 1. The minimum absolute atomic E-state index is 0.0947. The molecule has 0 bridgehead atoms. The average molecular weight is 578 g/mol. The highest BCUT2D eigenvalue weighted by Gasteiger charge is 2.31. The number of piperidine rings is 1. The van der Waals surface area contributed by atoms with Crippen molar-refractivity contribution in [1.82, 2.24) is 19.9 Å². The molecule has 2 unspecified atom stereocenters. The standard InChI is InChI=1S/C31H36ClN5O4/c1-20-19-37(14-10-22(20)24-17-21(32)18-33-31(24)39)27(38)9-6-15-40-16-11-26-34-28-23-7-2-3-8-25(23)41-29(28)30(35-26)36-12-4-5-13-36/h2-3,7-8,17-18,20,22H,4-6,9-16,19H2,1H3,(H,33,39). The molecule has 1 aromatic carbocycles. The fourth-order valence-corrected chi connectivity index (χ4v) is 6.38. The quantitative estimate of drug-likeness (QED) is 0.269. The van der Waals surface area contributed by atoms with Crippen molar-refractivity contribution in [2.75, 3.05) is 44.3 Å². The fourth-order valence-electron chi connectivity index (χ4n) is 6.21. The predicted octanol–water partition coefficient (Wildman–Crippen LogP) is 5.31. The molecule has 0 aliphatic carbocycles. The summed E-state index contributed by atoms with van der Waals surface area (Å²) in [4.78, 5) is 41.8. The first-order chi connectivity index (χ1) is 20.0. The molecule has 10 heteroatoms. The zero-order valence-electron chi connectivity index (χ0n) is 23.4. The first kappa shape index (κ1) is 27.7. The number of aromatic amines is 1. The molecule has 2 saturated heterocycles. The van der Waals surface area contributed by atoms with Crippen LogP contribution in [0.1, 0.15) is 56.3 Å². The number of nitrogens with zero attached hydrogens (tertiary/aromatic N) is 4. The van der Waals surface area contributed by atoms with Gasteiger partial charge >= 0.3 is 0 Å². The maximum absolute atomic E-state index is 12.9. The van der Waals surface area contributed by atoms with Crippen LogP contribution in [0.3, 0.4) is 0 Å². The van der Waals surface area contributed by atoms with E-state index >= 15 is 0 Å². The molecule has 9 nitrogen and oxygen atoms in total. The van der Waals surface area contributed by atoms with Crippen LogP contribution in [-0.4, -0.2) is 65.2 Å². The molecule has 2 aliphatic rings. The molecular formula is C31H36ClN5O4. The van der Waals surface area contributed by atoms with Crippen LogP contribution in [0.25, 0.3) is 22.1 Å². The molecule has 1 N–H and O–H groups in total. The molecule has 3 aromatic heterocycles. The van der Waals surface area contributed by atoms with Gasteiger partial charge < -0.3 is 23.9 Å². The maximum Gasteiger partial charge on any atom is 0.251 e. The Kier molecular flexibility index (Phi) is 8.25. The number of nitrogens with one attached hydrogen (secondary N) is 1. The zero-order valence-corrected chi connectivity index (χ0v) is 24.2. The lowest BCUT2D eigenvalue weighted by atomic mass is 9.82. The minimum Gasteiger partial charge on any atom is -0.450 e. The number of furan rings is 1. The van der Waals surface area contributed by atoms with Gasteiger partial charge in [-0.15, -0.1) is 0 Å². The summed E-state index contributed by atoms with van der Waals surface area (Å²) in [6.45, 7) is 6.32. The van der Waals surface area contributed by atoms with Crippen LogP contribution in [0.5, 0.6) is 0 Å². The van der Waals surface area contributed by atoms with E-state index < -0.39 is 0 Å². The minimum atomic E-state index is -0.0983. The molecule has 41 heavy (non-hydrogen) atoms. The second-order valence-electron chi connectivity index (χ2n) is 11.2. The van der Waals surface area contributed by atoms with E-state index in [1.807, 2.05) is 29.2 Å². The lowest BCUT2D eigenvalue weighted by molar-refractivity contribution is -0.133. The number of aromatic nitrogens is 3. The third-order valence-corrected chi connectivity index (χ3v) is 8.58. The van der Waals surface area contributed by atoms with E-state index in [1.165, 1.54) is 6.20 Å². The van der Waals surface area contributed by atoms with E-state index in [4.69, 9.17) is 30.7 Å². The molecule has 4 aromatic rings. The number of benzene rings is 1. The number of amides is 1. The van der Waals surface area contributed by atoms with E-state index in [-0.39, 0.29) is 23.3 Å². The number of ether oxygens (including phenoxy) is 1. The number of pyridine rings is 1. The van der Waals surface area contributed by atoms with Gasteiger partial charge in [-0.3, -0.25) is 9.59 Å². The van der Waals surface area contributed by atoms with Crippen LogP contribution in [-0.2, 0) is 16.0 Å². The first-order valence-corrected chi connectivity index (χ1v) is 15.0. The largest absolute Gasteiger partial charge is 0.450 e. The Morgan fingerprint density at radius 1 is 1.17 bits per heavy atom. The summed E-state index contributed by atoms with van der Waals surface area (Å²) < 4.78 is 12.1. The van der Waals surface area contributed by atoms with Crippen molar-refractivity contribution >= 4 is 45.4 Å². The molecule has 2 aliphatic heterocycles. The maximum atomic E-state index is 12.9. The predicted molar refractivity (Wildman–Crippen MR) is 160 cm³/mol. The normalized spacial score (nSPS) is 19.5. The van der Waals surface area contributed by atoms with Gasteiger partial charge in [0.1, 0.15) is 16.9 Å². The Hall–Kier alpha value is -3.43. The molecule has 5 heterocycles. The fraction of sp³-hybridized carbons (Fsp3) is 0.484. The highest BCUT2D eigenvalue weighted by atomic mass is 35.5. The van der Waals surface area contributed by atoms with Crippen molar-refractivity contribution in [3.05, 3.63) is 63.3 Å². The Balaban J connectivity index is 0.995. The number of anilines is 1. The van der Waals surface area contributed by atoms with E-state index in [0.29, 0.717) is 56.2 Å². The van der Waals surface area contributed by atoms with Crippen molar-refractivity contribution < 1.29 is 13.9 Å². The molecular weight excluding hydrogens is 542 g/mol. The molecule has 0 spiro atoms. The Bertz CT molecular complexity index is 1590. The molecule has 1 amide bonds. The molecule has 216 valence electrons. The SMILES string of the molecule is CC1CN(C(=O)CCCOCCc2nc(N3CCCC3)c3oc4ccccc4c3n2)CCC1c1cc(Cl)c[nH]c1=O. The third-order valence-electron chi connectivity index (χ3n) is 8.36. The number of H-pyrrole nitrogens is 1. The molecule has 0 radical (unpaired) electrons. The summed E-state index contributed by atoms with van der Waals surface area (Å²) in [5.74, 6) is 2.03. The third kappa shape index (κ3) is 5.97. The van der Waals surface area contributed by atoms with Crippen LogP contribution in [0.4, 0.5) is 5.82 Å². The number of likely N-dealkylation sites (tertiary alicyclic amines) is 1. The summed E-state index contributed by atoms with van der Waals surface area (Å²) >= 11 is 6.10. The number of halogens is 1. The number of fused-ring (bicyclic) bond motifs is 3. The molecule has 0 saturated carbocycles. The lowest BCUT2D eigenvalue weighted by Crippen LogP contribution is -2.43. The summed E-state index contributed by atoms with van der Waals surface area (Å²) in [6.07, 6.45) is 6.27. The van der Waals surface area contributed by atoms with Gasteiger partial charge in [0.25, 0.3) is 5.56 Å². The van der Waals surface area contributed by atoms with Crippen LogP contribution < -0.4 is 10.5 Å². The second-order valence-corrected chi connectivity index (χ2v) is 11.7. The van der Waals surface area contributed by atoms with Gasteiger partial charge in [-0.25, -0.2) is 9.97 Å². The Morgan fingerprint density at radius 2 is 2.00 bits per heavy atom. The molecule has 2 atom stereocenters. The lowest BCUT2D eigenvalue weighted by Gasteiger charge is -2.37. The Labute approximate surface area is 243 Å². The molecule has 6 rings (SSSR count). The number of para-hydroxylation sites is 1. The monoisotopic (exact) mass is 577 g/mol. The molecule has 2 fully saturated rings. The number of rotatable bonds is 9. The second kappa shape index (κ2) is 12.2. The van der Waals surface area contributed by atoms with Crippen LogP contribution in [0.15, 0.2) is 45.7 Å². The summed E-state index contributed by atoms with van der Waals surface area (Å²) in [7, 11) is 0. The van der Waals surface area contributed by atoms with Gasteiger partial charge in [0.2, 0.25) is 5.91 Å². The number of carbonyl (C=O) groups excluding carboxylic acids is 1. The summed E-state index contributed by atoms with van der Waals surface area (Å²) in [6, 6.07) is 9.74. The smallest absolute Gasteiger partial charge is 0.251 e. The van der Waals surface area contributed by atoms with Crippen LogP contribution in [0, 0.1) is 5.92 Å². The first-order valence-electron chi connectivity index (χ1n) is 14.6. The van der Waals surface area contributed by atoms with Crippen molar-refractivity contribution in [3.8, 4) is 0 Å². The summed E-state index contributed by atoms with van der Waals surface area (Å²) in [5.41, 5.74) is 3.05. The van der Waals surface area contributed by atoms with E-state index in [2.05, 4.69) is 16.8 Å². The van der Waals surface area contributed by atoms with Gasteiger partial charge in [-0.05, 0) is 55.7 Å².